The molecule has 1 atom stereocenters. The first-order chi connectivity index (χ1) is 7.84. The fourth-order valence-electron chi connectivity index (χ4n) is 1.46. The molecule has 1 aromatic rings. The maximum Gasteiger partial charge on any atom is 0.394 e. The highest BCUT2D eigenvalue weighted by atomic mass is 19.4. The zero-order chi connectivity index (χ0) is 13.1. The molecular formula is C11H14F4N2. The third-order valence-electron chi connectivity index (χ3n) is 2.49. The van der Waals surface area contributed by atoms with E-state index >= 15 is 0 Å². The number of halogens is 4. The van der Waals surface area contributed by atoms with E-state index in [1.807, 2.05) is 0 Å². The summed E-state index contributed by atoms with van der Waals surface area (Å²) in [5.41, 5.74) is 5.49. The summed E-state index contributed by atoms with van der Waals surface area (Å²) in [7, 11) is 1.48. The maximum absolute atomic E-state index is 12.9. The van der Waals surface area contributed by atoms with Gasteiger partial charge in [0.25, 0.3) is 0 Å². The Morgan fingerprint density at radius 1 is 1.35 bits per heavy atom. The first-order valence-electron chi connectivity index (χ1n) is 5.08. The van der Waals surface area contributed by atoms with Gasteiger partial charge in [-0.15, -0.1) is 0 Å². The molecule has 1 aromatic carbocycles. The summed E-state index contributed by atoms with van der Waals surface area (Å²) < 4.78 is 50.4. The largest absolute Gasteiger partial charge is 0.394 e. The van der Waals surface area contributed by atoms with Crippen LogP contribution in [0, 0.1) is 11.7 Å². The third kappa shape index (κ3) is 3.89. The standard InChI is InChI=1S/C11H14F4N2/c1-17(7-8(6-16)11(13,14)15)10-4-2-3-9(12)5-10/h2-5,8H,6-7,16H2,1H3. The molecule has 2 N–H and O–H groups in total. The molecule has 0 fully saturated rings. The molecule has 0 aliphatic heterocycles. The van der Waals surface area contributed by atoms with Gasteiger partial charge in [-0.25, -0.2) is 4.39 Å². The molecule has 96 valence electrons. The topological polar surface area (TPSA) is 29.3 Å². The van der Waals surface area contributed by atoms with Gasteiger partial charge in [-0.3, -0.25) is 0 Å². The smallest absolute Gasteiger partial charge is 0.374 e. The van der Waals surface area contributed by atoms with Crippen LogP contribution >= 0.6 is 0 Å². The van der Waals surface area contributed by atoms with Gasteiger partial charge in [0, 0.05) is 25.8 Å². The Morgan fingerprint density at radius 3 is 2.47 bits per heavy atom. The Kier molecular flexibility index (Phi) is 4.34. The third-order valence-corrected chi connectivity index (χ3v) is 2.49. The second-order valence-electron chi connectivity index (χ2n) is 3.83. The quantitative estimate of drug-likeness (QED) is 0.831. The van der Waals surface area contributed by atoms with E-state index in [2.05, 4.69) is 0 Å². The Balaban J connectivity index is 2.74. The molecule has 0 radical (unpaired) electrons. The summed E-state index contributed by atoms with van der Waals surface area (Å²) in [5, 5.41) is 0. The second-order valence-corrected chi connectivity index (χ2v) is 3.83. The second kappa shape index (κ2) is 5.35. The monoisotopic (exact) mass is 250 g/mol. The molecule has 17 heavy (non-hydrogen) atoms. The lowest BCUT2D eigenvalue weighted by atomic mass is 10.1. The summed E-state index contributed by atoms with van der Waals surface area (Å²) in [6.45, 7) is -0.771. The van der Waals surface area contributed by atoms with Crippen LogP contribution in [0.4, 0.5) is 23.2 Å². The summed E-state index contributed by atoms with van der Waals surface area (Å²) in [6, 6.07) is 5.42. The van der Waals surface area contributed by atoms with E-state index in [1.54, 1.807) is 6.07 Å². The van der Waals surface area contributed by atoms with Crippen LogP contribution in [0.1, 0.15) is 0 Å². The molecule has 0 bridgehead atoms. The average molecular weight is 250 g/mol. The number of rotatable bonds is 4. The van der Waals surface area contributed by atoms with Crippen molar-refractivity contribution in [3.8, 4) is 0 Å². The van der Waals surface area contributed by atoms with Crippen molar-refractivity contribution in [2.45, 2.75) is 6.18 Å². The molecule has 0 aromatic heterocycles. The van der Waals surface area contributed by atoms with Crippen molar-refractivity contribution in [2.24, 2.45) is 11.7 Å². The van der Waals surface area contributed by atoms with Crippen molar-refractivity contribution in [3.63, 3.8) is 0 Å². The molecule has 0 amide bonds. The van der Waals surface area contributed by atoms with E-state index in [4.69, 9.17) is 5.73 Å². The molecule has 1 rings (SSSR count). The van der Waals surface area contributed by atoms with Crippen LogP contribution in [0.2, 0.25) is 0 Å². The molecule has 1 unspecified atom stereocenters. The average Bonchev–Trinajstić information content (AvgIpc) is 2.23. The first-order valence-corrected chi connectivity index (χ1v) is 5.08. The van der Waals surface area contributed by atoms with Gasteiger partial charge in [0.15, 0.2) is 0 Å². The van der Waals surface area contributed by atoms with Gasteiger partial charge in [0.2, 0.25) is 0 Å². The molecular weight excluding hydrogens is 236 g/mol. The number of benzene rings is 1. The highest BCUT2D eigenvalue weighted by molar-refractivity contribution is 5.45. The van der Waals surface area contributed by atoms with E-state index in [0.717, 1.165) is 0 Å². The molecule has 0 saturated heterocycles. The van der Waals surface area contributed by atoms with Crippen molar-refractivity contribution in [1.29, 1.82) is 0 Å². The maximum atomic E-state index is 12.9. The van der Waals surface area contributed by atoms with Crippen LogP contribution < -0.4 is 10.6 Å². The minimum Gasteiger partial charge on any atom is -0.374 e. The van der Waals surface area contributed by atoms with E-state index in [0.29, 0.717) is 5.69 Å². The van der Waals surface area contributed by atoms with Gasteiger partial charge in [-0.05, 0) is 18.2 Å². The van der Waals surface area contributed by atoms with E-state index in [-0.39, 0.29) is 6.54 Å². The highest BCUT2D eigenvalue weighted by Gasteiger charge is 2.39. The predicted molar refractivity (Wildman–Crippen MR) is 58.3 cm³/mol. The van der Waals surface area contributed by atoms with Crippen molar-refractivity contribution in [1.82, 2.24) is 0 Å². The summed E-state index contributed by atoms with van der Waals surface area (Å²) >= 11 is 0. The Bertz CT molecular complexity index is 365. The van der Waals surface area contributed by atoms with Gasteiger partial charge in [0.05, 0.1) is 5.92 Å². The minimum atomic E-state index is -4.34. The van der Waals surface area contributed by atoms with E-state index in [1.165, 1.54) is 30.1 Å². The van der Waals surface area contributed by atoms with E-state index < -0.39 is 24.5 Å². The molecule has 0 aliphatic carbocycles. The normalized spacial score (nSPS) is 13.5. The number of nitrogens with zero attached hydrogens (tertiary/aromatic N) is 1. The Hall–Kier alpha value is -1.30. The summed E-state index contributed by atoms with van der Waals surface area (Å²) in [5.74, 6) is -2.10. The number of alkyl halides is 3. The van der Waals surface area contributed by atoms with Gasteiger partial charge in [0.1, 0.15) is 5.82 Å². The van der Waals surface area contributed by atoms with Crippen LogP contribution in [0.5, 0.6) is 0 Å². The van der Waals surface area contributed by atoms with Crippen LogP contribution in [0.15, 0.2) is 24.3 Å². The van der Waals surface area contributed by atoms with Crippen molar-refractivity contribution >= 4 is 5.69 Å². The van der Waals surface area contributed by atoms with Crippen LogP contribution in [-0.2, 0) is 0 Å². The number of hydrogen-bond acceptors (Lipinski definition) is 2. The Labute approximate surface area is 97.0 Å². The molecule has 0 spiro atoms. The fraction of sp³-hybridized carbons (Fsp3) is 0.455. The molecule has 0 saturated carbocycles. The Morgan fingerprint density at radius 2 is 2.00 bits per heavy atom. The van der Waals surface area contributed by atoms with Gasteiger partial charge >= 0.3 is 6.18 Å². The van der Waals surface area contributed by atoms with Gasteiger partial charge in [-0.2, -0.15) is 13.2 Å². The molecule has 0 heterocycles. The fourth-order valence-corrected chi connectivity index (χ4v) is 1.46. The van der Waals surface area contributed by atoms with Crippen molar-refractivity contribution < 1.29 is 17.6 Å². The zero-order valence-electron chi connectivity index (χ0n) is 9.34. The van der Waals surface area contributed by atoms with Crippen LogP contribution in [-0.4, -0.2) is 26.3 Å². The predicted octanol–water partition coefficient (Wildman–Crippen LogP) is 2.40. The summed E-state index contributed by atoms with van der Waals surface area (Å²) in [4.78, 5) is 1.34. The number of hydrogen-bond donors (Lipinski definition) is 1. The SMILES string of the molecule is CN(CC(CN)C(F)(F)F)c1cccc(F)c1. The number of nitrogens with two attached hydrogens (primary N) is 1. The highest BCUT2D eigenvalue weighted by Crippen LogP contribution is 2.27. The van der Waals surface area contributed by atoms with E-state index in [9.17, 15) is 17.6 Å². The molecule has 0 aliphatic rings. The van der Waals surface area contributed by atoms with Gasteiger partial charge < -0.3 is 10.6 Å². The number of anilines is 1. The minimum absolute atomic E-state index is 0.288. The van der Waals surface area contributed by atoms with Gasteiger partial charge in [-0.1, -0.05) is 6.07 Å². The lowest BCUT2D eigenvalue weighted by molar-refractivity contribution is -0.168. The first kappa shape index (κ1) is 13.8. The summed E-state index contributed by atoms with van der Waals surface area (Å²) in [6.07, 6.45) is -4.34. The van der Waals surface area contributed by atoms with Crippen molar-refractivity contribution in [3.05, 3.63) is 30.1 Å². The molecule has 6 heteroatoms. The van der Waals surface area contributed by atoms with Crippen molar-refractivity contribution in [2.75, 3.05) is 25.0 Å². The molecule has 2 nitrogen and oxygen atoms in total. The lowest BCUT2D eigenvalue weighted by Crippen LogP contribution is -2.39. The zero-order valence-corrected chi connectivity index (χ0v) is 9.34. The lowest BCUT2D eigenvalue weighted by Gasteiger charge is -2.26. The van der Waals surface area contributed by atoms with Crippen LogP contribution in [0.25, 0.3) is 0 Å². The van der Waals surface area contributed by atoms with Crippen LogP contribution in [0.3, 0.4) is 0 Å².